The van der Waals surface area contributed by atoms with Crippen LogP contribution in [0.3, 0.4) is 0 Å². The third kappa shape index (κ3) is 4.41. The van der Waals surface area contributed by atoms with Crippen LogP contribution in [0.4, 0.5) is 0 Å². The molecule has 0 aliphatic carbocycles. The second-order valence-corrected chi connectivity index (χ2v) is 7.50. The monoisotopic (exact) mass is 524 g/mol. The summed E-state index contributed by atoms with van der Waals surface area (Å²) in [5.41, 5.74) is 5.18. The molecule has 0 spiro atoms. The number of hydrogen-bond donors (Lipinski definition) is 2. The molecule has 0 aliphatic heterocycles. The minimum Gasteiger partial charge on any atom is -0.497 e. The largest absolute Gasteiger partial charge is 0.497 e. The van der Waals surface area contributed by atoms with Crippen LogP contribution in [-0.2, 0) is 6.42 Å². The maximum atomic E-state index is 5.77. The van der Waals surface area contributed by atoms with Crippen LogP contribution in [-0.4, -0.2) is 7.11 Å². The molecule has 3 nitrogen and oxygen atoms in total. The zero-order valence-electron chi connectivity index (χ0n) is 11.4. The van der Waals surface area contributed by atoms with Crippen molar-refractivity contribution in [1.29, 1.82) is 0 Å². The molecule has 0 saturated carbocycles. The number of halogens is 3. The Morgan fingerprint density at radius 2 is 1.90 bits per heavy atom. The highest BCUT2D eigenvalue weighted by atomic mass is 127. The molecule has 3 N–H and O–H groups in total. The normalized spacial score (nSPS) is 12.2. The minimum absolute atomic E-state index is 0.0116. The zero-order valence-corrected chi connectivity index (χ0v) is 16.7. The molecule has 0 amide bonds. The van der Waals surface area contributed by atoms with Crippen LogP contribution in [0.5, 0.6) is 5.75 Å². The van der Waals surface area contributed by atoms with Crippen molar-refractivity contribution >= 4 is 54.5 Å². The molecule has 2 rings (SSSR count). The van der Waals surface area contributed by atoms with Gasteiger partial charge >= 0.3 is 0 Å². The topological polar surface area (TPSA) is 47.3 Å². The number of ether oxygens (including phenoxy) is 1. The summed E-state index contributed by atoms with van der Waals surface area (Å²) in [6, 6.07) is 12.2. The molecule has 0 fully saturated rings. The molecule has 0 heterocycles. The standard InChI is InChI=1S/C15H15Br2IN2O/c1-21-11-3-5-13(16)9(6-11)7-15(20-19)12-8-10(18)2-4-14(12)17/h2-6,8,15,20H,7,19H2,1H3. The Morgan fingerprint density at radius 3 is 2.57 bits per heavy atom. The fourth-order valence-corrected chi connectivity index (χ4v) is 3.54. The highest BCUT2D eigenvalue weighted by molar-refractivity contribution is 14.1. The van der Waals surface area contributed by atoms with Gasteiger partial charge in [0.25, 0.3) is 0 Å². The van der Waals surface area contributed by atoms with Gasteiger partial charge in [0, 0.05) is 12.5 Å². The third-order valence-corrected chi connectivity index (χ3v) is 5.38. The van der Waals surface area contributed by atoms with Crippen LogP contribution in [0, 0.1) is 3.57 Å². The van der Waals surface area contributed by atoms with Crippen molar-refractivity contribution in [2.24, 2.45) is 5.84 Å². The van der Waals surface area contributed by atoms with E-state index in [4.69, 9.17) is 10.6 Å². The van der Waals surface area contributed by atoms with Crippen molar-refractivity contribution in [2.75, 3.05) is 7.11 Å². The Morgan fingerprint density at radius 1 is 1.19 bits per heavy atom. The van der Waals surface area contributed by atoms with Gasteiger partial charge in [-0.05, 0) is 76.5 Å². The maximum absolute atomic E-state index is 5.77. The van der Waals surface area contributed by atoms with E-state index >= 15 is 0 Å². The van der Waals surface area contributed by atoms with Crippen LogP contribution in [0.25, 0.3) is 0 Å². The van der Waals surface area contributed by atoms with Crippen molar-refractivity contribution in [3.8, 4) is 5.75 Å². The molecule has 0 aromatic heterocycles. The first-order valence-electron chi connectivity index (χ1n) is 6.28. The highest BCUT2D eigenvalue weighted by Gasteiger charge is 2.16. The lowest BCUT2D eigenvalue weighted by Crippen LogP contribution is -2.30. The summed E-state index contributed by atoms with van der Waals surface area (Å²) in [5, 5.41) is 0. The van der Waals surface area contributed by atoms with E-state index in [1.165, 1.54) is 3.57 Å². The molecule has 2 aromatic rings. The van der Waals surface area contributed by atoms with Crippen LogP contribution in [0.2, 0.25) is 0 Å². The van der Waals surface area contributed by atoms with Crippen molar-refractivity contribution < 1.29 is 4.74 Å². The van der Waals surface area contributed by atoms with Gasteiger partial charge in [-0.3, -0.25) is 11.3 Å². The summed E-state index contributed by atoms with van der Waals surface area (Å²) in [6.07, 6.45) is 0.757. The third-order valence-electron chi connectivity index (χ3n) is 3.21. The Labute approximate surface area is 155 Å². The minimum atomic E-state index is 0.0116. The van der Waals surface area contributed by atoms with Crippen molar-refractivity contribution in [1.82, 2.24) is 5.43 Å². The summed E-state index contributed by atoms with van der Waals surface area (Å²) in [7, 11) is 1.67. The fourth-order valence-electron chi connectivity index (χ4n) is 2.09. The Balaban J connectivity index is 2.33. The molecule has 2 aromatic carbocycles. The summed E-state index contributed by atoms with van der Waals surface area (Å²) in [5.74, 6) is 6.61. The van der Waals surface area contributed by atoms with Gasteiger partial charge in [0.05, 0.1) is 13.2 Å². The highest BCUT2D eigenvalue weighted by Crippen LogP contribution is 2.31. The molecule has 6 heteroatoms. The van der Waals surface area contributed by atoms with E-state index in [9.17, 15) is 0 Å². The molecule has 0 aliphatic rings. The average Bonchev–Trinajstić information content (AvgIpc) is 2.49. The molecule has 0 bridgehead atoms. The SMILES string of the molecule is COc1ccc(Br)c(CC(NN)c2cc(I)ccc2Br)c1. The van der Waals surface area contributed by atoms with E-state index in [0.717, 1.165) is 32.2 Å². The number of benzene rings is 2. The fraction of sp³-hybridized carbons (Fsp3) is 0.200. The van der Waals surface area contributed by atoms with Gasteiger partial charge in [0.15, 0.2) is 0 Å². The predicted molar refractivity (Wildman–Crippen MR) is 101 cm³/mol. The number of hydrogen-bond acceptors (Lipinski definition) is 3. The second-order valence-electron chi connectivity index (χ2n) is 4.55. The van der Waals surface area contributed by atoms with E-state index in [0.29, 0.717) is 0 Å². The average molecular weight is 526 g/mol. The number of nitrogens with one attached hydrogen (secondary N) is 1. The van der Waals surface area contributed by atoms with E-state index in [1.54, 1.807) is 7.11 Å². The quantitative estimate of drug-likeness (QED) is 0.341. The van der Waals surface area contributed by atoms with Crippen LogP contribution >= 0.6 is 54.5 Å². The molecule has 21 heavy (non-hydrogen) atoms. The van der Waals surface area contributed by atoms with Gasteiger partial charge in [-0.1, -0.05) is 31.9 Å². The van der Waals surface area contributed by atoms with E-state index < -0.39 is 0 Å². The van der Waals surface area contributed by atoms with E-state index in [1.807, 2.05) is 24.3 Å². The van der Waals surface area contributed by atoms with Gasteiger partial charge in [0.1, 0.15) is 5.75 Å². The first kappa shape index (κ1) is 17.2. The zero-order chi connectivity index (χ0) is 15.4. The molecular formula is C15H15Br2IN2O. The van der Waals surface area contributed by atoms with Crippen LogP contribution in [0.1, 0.15) is 17.2 Å². The van der Waals surface area contributed by atoms with E-state index in [-0.39, 0.29) is 6.04 Å². The Kier molecular flexibility index (Phi) is 6.49. The molecule has 0 saturated heterocycles. The van der Waals surface area contributed by atoms with Crippen LogP contribution in [0.15, 0.2) is 45.3 Å². The van der Waals surface area contributed by atoms with Gasteiger partial charge in [0.2, 0.25) is 0 Å². The number of rotatable bonds is 5. The Hall–Kier alpha value is -0.150. The van der Waals surface area contributed by atoms with Crippen LogP contribution < -0.4 is 16.0 Å². The molecule has 1 unspecified atom stereocenters. The van der Waals surface area contributed by atoms with Crippen molar-refractivity contribution in [2.45, 2.75) is 12.5 Å². The molecule has 112 valence electrons. The predicted octanol–water partition coefficient (Wildman–Crippen LogP) is 4.57. The maximum Gasteiger partial charge on any atom is 0.119 e. The summed E-state index contributed by atoms with van der Waals surface area (Å²) < 4.78 is 8.56. The summed E-state index contributed by atoms with van der Waals surface area (Å²) in [6.45, 7) is 0. The number of nitrogens with two attached hydrogens (primary N) is 1. The van der Waals surface area contributed by atoms with Crippen molar-refractivity contribution in [3.63, 3.8) is 0 Å². The first-order valence-corrected chi connectivity index (χ1v) is 8.95. The lowest BCUT2D eigenvalue weighted by atomic mass is 9.99. The number of hydrazine groups is 1. The Bertz CT molecular complexity index is 637. The van der Waals surface area contributed by atoms with Crippen molar-refractivity contribution in [3.05, 3.63) is 60.0 Å². The number of methoxy groups -OCH3 is 1. The van der Waals surface area contributed by atoms with Gasteiger partial charge in [-0.2, -0.15) is 0 Å². The van der Waals surface area contributed by atoms with E-state index in [2.05, 4.69) is 72.0 Å². The van der Waals surface area contributed by atoms with Gasteiger partial charge in [-0.25, -0.2) is 0 Å². The molecule has 0 radical (unpaired) electrons. The summed E-state index contributed by atoms with van der Waals surface area (Å²) >= 11 is 9.48. The first-order chi connectivity index (χ1) is 10.0. The van der Waals surface area contributed by atoms with Gasteiger partial charge in [-0.15, -0.1) is 0 Å². The second kappa shape index (κ2) is 7.92. The lowest BCUT2D eigenvalue weighted by Gasteiger charge is -2.19. The lowest BCUT2D eigenvalue weighted by molar-refractivity contribution is 0.413. The van der Waals surface area contributed by atoms with Gasteiger partial charge < -0.3 is 4.74 Å². The molecular weight excluding hydrogens is 511 g/mol. The smallest absolute Gasteiger partial charge is 0.119 e. The molecule has 1 atom stereocenters. The summed E-state index contributed by atoms with van der Waals surface area (Å²) in [4.78, 5) is 0.